The van der Waals surface area contributed by atoms with Crippen molar-refractivity contribution in [3.05, 3.63) is 15.9 Å². The largest absolute Gasteiger partial charge is 0.473 e. The average Bonchev–Trinajstić information content (AvgIpc) is 2.39. The number of nitrogens with one attached hydrogen (secondary N) is 1. The van der Waals surface area contributed by atoms with Crippen LogP contribution in [0.2, 0.25) is 0 Å². The first-order valence-electron chi connectivity index (χ1n) is 6.54. The van der Waals surface area contributed by atoms with Crippen molar-refractivity contribution in [2.75, 3.05) is 32.2 Å². The molecule has 0 aromatic carbocycles. The van der Waals surface area contributed by atoms with Gasteiger partial charge in [-0.05, 0) is 13.3 Å². The Hall–Kier alpha value is -1.96. The number of hydrogen-bond acceptors (Lipinski definition) is 7. The smallest absolute Gasteiger partial charge is 0.372 e. The Bertz CT molecular complexity index is 453. The summed E-state index contributed by atoms with van der Waals surface area (Å²) >= 11 is 0. The van der Waals surface area contributed by atoms with Crippen LogP contribution in [0, 0.1) is 10.1 Å². The highest BCUT2D eigenvalue weighted by Crippen LogP contribution is 2.32. The third kappa shape index (κ3) is 4.30. The van der Waals surface area contributed by atoms with Crippen molar-refractivity contribution in [2.45, 2.75) is 26.7 Å². The second kappa shape index (κ2) is 8.26. The van der Waals surface area contributed by atoms with Gasteiger partial charge in [-0.15, -0.1) is 0 Å². The second-order valence-electron chi connectivity index (χ2n) is 4.00. The van der Waals surface area contributed by atoms with Crippen molar-refractivity contribution < 1.29 is 14.4 Å². The van der Waals surface area contributed by atoms with Gasteiger partial charge in [0.05, 0.1) is 18.1 Å². The van der Waals surface area contributed by atoms with Gasteiger partial charge in [-0.2, -0.15) is 4.98 Å². The zero-order chi connectivity index (χ0) is 15.0. The van der Waals surface area contributed by atoms with Crippen molar-refractivity contribution in [3.8, 4) is 5.88 Å². The van der Waals surface area contributed by atoms with E-state index in [0.717, 1.165) is 6.42 Å². The minimum Gasteiger partial charge on any atom is -0.473 e. The minimum absolute atomic E-state index is 0.0101. The van der Waals surface area contributed by atoms with E-state index >= 15 is 0 Å². The SMILES string of the molecule is CCCc1nc(NCCOC)c([N+](=O)[O-])c(OCC)n1. The summed E-state index contributed by atoms with van der Waals surface area (Å²) in [6.45, 7) is 4.90. The van der Waals surface area contributed by atoms with Crippen molar-refractivity contribution in [1.82, 2.24) is 9.97 Å². The molecule has 8 nitrogen and oxygen atoms in total. The second-order valence-corrected chi connectivity index (χ2v) is 4.00. The summed E-state index contributed by atoms with van der Waals surface area (Å²) in [5, 5.41) is 14.1. The molecule has 1 aromatic rings. The first-order chi connectivity index (χ1) is 9.63. The number of methoxy groups -OCH3 is 1. The molecule has 1 N–H and O–H groups in total. The van der Waals surface area contributed by atoms with Gasteiger partial charge in [0, 0.05) is 20.1 Å². The van der Waals surface area contributed by atoms with E-state index in [0.29, 0.717) is 32.0 Å². The molecule has 0 aliphatic rings. The molecule has 0 spiro atoms. The predicted molar refractivity (Wildman–Crippen MR) is 74.2 cm³/mol. The number of hydrogen-bond donors (Lipinski definition) is 1. The van der Waals surface area contributed by atoms with Crippen molar-refractivity contribution in [3.63, 3.8) is 0 Å². The van der Waals surface area contributed by atoms with E-state index < -0.39 is 4.92 Å². The average molecular weight is 284 g/mol. The van der Waals surface area contributed by atoms with Crippen LogP contribution in [0.1, 0.15) is 26.1 Å². The first-order valence-corrected chi connectivity index (χ1v) is 6.54. The standard InChI is InChI=1S/C12H20N4O4/c1-4-6-9-14-11(13-7-8-19-3)10(16(17)18)12(15-9)20-5-2/h4-8H2,1-3H3,(H,13,14,15). The Labute approximate surface area is 117 Å². The molecule has 0 amide bonds. The molecule has 0 unspecified atom stereocenters. The molecule has 112 valence electrons. The van der Waals surface area contributed by atoms with Crippen molar-refractivity contribution in [2.24, 2.45) is 0 Å². The molecule has 0 fully saturated rings. The molecule has 0 saturated carbocycles. The normalized spacial score (nSPS) is 10.3. The lowest BCUT2D eigenvalue weighted by Crippen LogP contribution is -2.14. The van der Waals surface area contributed by atoms with E-state index in [1.165, 1.54) is 0 Å². The van der Waals surface area contributed by atoms with Gasteiger partial charge in [0.2, 0.25) is 5.82 Å². The van der Waals surface area contributed by atoms with Gasteiger partial charge in [0.1, 0.15) is 5.82 Å². The van der Waals surface area contributed by atoms with Crippen LogP contribution in [0.4, 0.5) is 11.5 Å². The number of aromatic nitrogens is 2. The topological polar surface area (TPSA) is 99.4 Å². The van der Waals surface area contributed by atoms with Crippen molar-refractivity contribution >= 4 is 11.5 Å². The Balaban J connectivity index is 3.15. The first kappa shape index (κ1) is 16.1. The summed E-state index contributed by atoms with van der Waals surface area (Å²) in [7, 11) is 1.56. The molecule has 0 bridgehead atoms. The van der Waals surface area contributed by atoms with Gasteiger partial charge < -0.3 is 14.8 Å². The van der Waals surface area contributed by atoms with Crippen LogP contribution >= 0.6 is 0 Å². The molecule has 0 aliphatic heterocycles. The van der Waals surface area contributed by atoms with Gasteiger partial charge >= 0.3 is 5.69 Å². The number of ether oxygens (including phenoxy) is 2. The predicted octanol–water partition coefficient (Wildman–Crippen LogP) is 1.79. The fourth-order valence-corrected chi connectivity index (χ4v) is 1.61. The lowest BCUT2D eigenvalue weighted by molar-refractivity contribution is -0.385. The van der Waals surface area contributed by atoms with Gasteiger partial charge in [-0.1, -0.05) is 6.92 Å². The van der Waals surface area contributed by atoms with Gasteiger partial charge in [-0.3, -0.25) is 10.1 Å². The molecule has 1 heterocycles. The van der Waals surface area contributed by atoms with Crippen LogP contribution < -0.4 is 10.1 Å². The van der Waals surface area contributed by atoms with Gasteiger partial charge in [-0.25, -0.2) is 4.98 Å². The molecule has 0 atom stereocenters. The quantitative estimate of drug-likeness (QED) is 0.419. The fourth-order valence-electron chi connectivity index (χ4n) is 1.61. The molecule has 8 heteroatoms. The van der Waals surface area contributed by atoms with E-state index in [2.05, 4.69) is 15.3 Å². The number of nitro groups is 1. The number of nitrogens with zero attached hydrogens (tertiary/aromatic N) is 3. The lowest BCUT2D eigenvalue weighted by Gasteiger charge is -2.10. The molecule has 1 aromatic heterocycles. The Morgan fingerprint density at radius 2 is 2.10 bits per heavy atom. The van der Waals surface area contributed by atoms with E-state index in [-0.39, 0.29) is 17.4 Å². The monoisotopic (exact) mass is 284 g/mol. The highest BCUT2D eigenvalue weighted by atomic mass is 16.6. The maximum atomic E-state index is 11.2. The molecule has 1 rings (SSSR count). The summed E-state index contributed by atoms with van der Waals surface area (Å²) in [6, 6.07) is 0. The number of aryl methyl sites for hydroxylation is 1. The Kier molecular flexibility index (Phi) is 6.65. The molecule has 20 heavy (non-hydrogen) atoms. The summed E-state index contributed by atoms with van der Waals surface area (Å²) in [4.78, 5) is 19.0. The molecular formula is C12H20N4O4. The van der Waals surface area contributed by atoms with Crippen LogP contribution in [0.3, 0.4) is 0 Å². The highest BCUT2D eigenvalue weighted by molar-refractivity contribution is 5.61. The van der Waals surface area contributed by atoms with Crippen molar-refractivity contribution in [1.29, 1.82) is 0 Å². The maximum absolute atomic E-state index is 11.2. The van der Waals surface area contributed by atoms with Crippen LogP contribution in [-0.2, 0) is 11.2 Å². The molecule has 0 radical (unpaired) electrons. The zero-order valence-electron chi connectivity index (χ0n) is 12.0. The zero-order valence-corrected chi connectivity index (χ0v) is 12.0. The maximum Gasteiger partial charge on any atom is 0.372 e. The minimum atomic E-state index is -0.532. The van der Waals surface area contributed by atoms with E-state index in [1.54, 1.807) is 14.0 Å². The number of rotatable bonds is 9. The van der Waals surface area contributed by atoms with Gasteiger partial charge in [0.15, 0.2) is 0 Å². The third-order valence-corrected chi connectivity index (χ3v) is 2.43. The fraction of sp³-hybridized carbons (Fsp3) is 0.667. The number of anilines is 1. The van der Waals surface area contributed by atoms with Crippen LogP contribution in [0.5, 0.6) is 5.88 Å². The van der Waals surface area contributed by atoms with Crippen LogP contribution in [0.15, 0.2) is 0 Å². The molecular weight excluding hydrogens is 264 g/mol. The van der Waals surface area contributed by atoms with E-state index in [4.69, 9.17) is 9.47 Å². The summed E-state index contributed by atoms with van der Waals surface area (Å²) in [6.07, 6.45) is 1.48. The third-order valence-electron chi connectivity index (χ3n) is 2.43. The molecule has 0 saturated heterocycles. The van der Waals surface area contributed by atoms with E-state index in [9.17, 15) is 10.1 Å². The van der Waals surface area contributed by atoms with Gasteiger partial charge in [0.25, 0.3) is 5.88 Å². The highest BCUT2D eigenvalue weighted by Gasteiger charge is 2.25. The summed E-state index contributed by atoms with van der Waals surface area (Å²) < 4.78 is 10.2. The van der Waals surface area contributed by atoms with E-state index in [1.807, 2.05) is 6.92 Å². The van der Waals surface area contributed by atoms with Crippen LogP contribution in [0.25, 0.3) is 0 Å². The van der Waals surface area contributed by atoms with Crippen LogP contribution in [-0.4, -0.2) is 41.8 Å². The molecule has 0 aliphatic carbocycles. The summed E-state index contributed by atoms with van der Waals surface area (Å²) in [5.74, 6) is 0.714. The Morgan fingerprint density at radius 1 is 1.35 bits per heavy atom. The Morgan fingerprint density at radius 3 is 2.65 bits per heavy atom. The summed E-state index contributed by atoms with van der Waals surface area (Å²) in [5.41, 5.74) is -0.234. The lowest BCUT2D eigenvalue weighted by atomic mass is 10.3.